The normalized spacial score (nSPS) is 17.0. The number of anilines is 1. The van der Waals surface area contributed by atoms with Crippen LogP contribution in [0.15, 0.2) is 30.3 Å². The van der Waals surface area contributed by atoms with Crippen molar-refractivity contribution in [3.05, 3.63) is 41.5 Å². The first-order valence-corrected chi connectivity index (χ1v) is 13.2. The van der Waals surface area contributed by atoms with Gasteiger partial charge >= 0.3 is 0 Å². The van der Waals surface area contributed by atoms with Gasteiger partial charge in [0.15, 0.2) is 12.4 Å². The average Bonchev–Trinajstić information content (AvgIpc) is 3.31. The van der Waals surface area contributed by atoms with E-state index in [0.29, 0.717) is 17.9 Å². The van der Waals surface area contributed by atoms with Crippen LogP contribution < -0.4 is 15.4 Å². The molecule has 198 valence electrons. The first-order chi connectivity index (χ1) is 18.0. The van der Waals surface area contributed by atoms with Gasteiger partial charge in [-0.3, -0.25) is 4.79 Å². The third kappa shape index (κ3) is 5.87. The molecule has 0 bridgehead atoms. The fourth-order valence-corrected chi connectivity index (χ4v) is 5.37. The molecule has 0 saturated heterocycles. The van der Waals surface area contributed by atoms with Crippen LogP contribution in [0.2, 0.25) is 0 Å². The highest BCUT2D eigenvalue weighted by Gasteiger charge is 2.25. The monoisotopic (exact) mass is 508 g/mol. The lowest BCUT2D eigenvalue weighted by atomic mass is 9.94. The van der Waals surface area contributed by atoms with E-state index in [4.69, 9.17) is 4.74 Å². The molecule has 5 rings (SSSR count). The topological polar surface area (TPSA) is 125 Å². The zero-order valence-electron chi connectivity index (χ0n) is 21.3. The van der Waals surface area contributed by atoms with Crippen molar-refractivity contribution in [3.63, 3.8) is 0 Å². The number of nitrogens with zero attached hydrogens (tertiary/aromatic N) is 4. The maximum absolute atomic E-state index is 11.6. The number of rotatable bonds is 10. The third-order valence-electron chi connectivity index (χ3n) is 7.46. The summed E-state index contributed by atoms with van der Waals surface area (Å²) >= 11 is 0. The fourth-order valence-electron chi connectivity index (χ4n) is 5.37. The number of benzene rings is 2. The van der Waals surface area contributed by atoms with Gasteiger partial charge in [0.05, 0.1) is 11.6 Å². The minimum atomic E-state index is -0.874. The van der Waals surface area contributed by atoms with E-state index in [0.717, 1.165) is 42.1 Å². The zero-order chi connectivity index (χ0) is 25.8. The number of carbonyl (C=O) groups excluding carboxylic acids is 1. The van der Waals surface area contributed by atoms with E-state index in [1.807, 2.05) is 10.7 Å². The van der Waals surface area contributed by atoms with Crippen LogP contribution in [-0.2, 0) is 17.9 Å². The lowest BCUT2D eigenvalue weighted by molar-refractivity contribution is -0.118. The summed E-state index contributed by atoms with van der Waals surface area (Å²) in [5.41, 5.74) is 3.63. The van der Waals surface area contributed by atoms with Crippen LogP contribution in [0.25, 0.3) is 11.0 Å². The fraction of sp³-hybridized carbons (Fsp3) is 0.519. The van der Waals surface area contributed by atoms with Gasteiger partial charge in [-0.2, -0.15) is 0 Å². The molecule has 0 radical (unpaired) electrons. The summed E-state index contributed by atoms with van der Waals surface area (Å²) in [5.74, 6) is -0.131. The Hall–Kier alpha value is -3.21. The predicted molar refractivity (Wildman–Crippen MR) is 141 cm³/mol. The van der Waals surface area contributed by atoms with Crippen molar-refractivity contribution in [2.75, 3.05) is 32.1 Å². The highest BCUT2D eigenvalue weighted by atomic mass is 16.5. The van der Waals surface area contributed by atoms with E-state index in [2.05, 4.69) is 45.0 Å². The maximum atomic E-state index is 11.6. The molecule has 1 amide bonds. The van der Waals surface area contributed by atoms with Crippen LogP contribution in [0.3, 0.4) is 0 Å². The summed E-state index contributed by atoms with van der Waals surface area (Å²) in [7, 11) is 2.24. The number of hydrogen-bond donors (Lipinski definition) is 4. The second-order valence-corrected chi connectivity index (χ2v) is 10.1. The first kappa shape index (κ1) is 25.4. The summed E-state index contributed by atoms with van der Waals surface area (Å²) in [6, 6.07) is 9.90. The van der Waals surface area contributed by atoms with E-state index in [9.17, 15) is 15.0 Å². The van der Waals surface area contributed by atoms with Gasteiger partial charge in [0.1, 0.15) is 17.0 Å². The predicted octanol–water partition coefficient (Wildman–Crippen LogP) is 2.95. The van der Waals surface area contributed by atoms with Gasteiger partial charge in [-0.1, -0.05) is 30.5 Å². The van der Waals surface area contributed by atoms with Gasteiger partial charge in [-0.15, -0.1) is 5.10 Å². The molecule has 10 heteroatoms. The Morgan fingerprint density at radius 3 is 2.92 bits per heavy atom. The minimum Gasteiger partial charge on any atom is -0.506 e. The molecule has 4 N–H and O–H groups in total. The summed E-state index contributed by atoms with van der Waals surface area (Å²) < 4.78 is 7.46. The number of ether oxygens (including phenoxy) is 1. The van der Waals surface area contributed by atoms with Gasteiger partial charge < -0.3 is 30.5 Å². The van der Waals surface area contributed by atoms with Crippen LogP contribution in [0.5, 0.6) is 11.5 Å². The molecule has 3 aromatic rings. The zero-order valence-corrected chi connectivity index (χ0v) is 21.3. The summed E-state index contributed by atoms with van der Waals surface area (Å²) in [6.07, 6.45) is 6.89. The van der Waals surface area contributed by atoms with Gasteiger partial charge in [0.25, 0.3) is 5.91 Å². The van der Waals surface area contributed by atoms with E-state index >= 15 is 0 Å². The molecule has 37 heavy (non-hydrogen) atoms. The SMILES string of the molecule is CN(CCCn1nnc2cc(CNC[C@@H](O)c3ccc(O)c4c3OCC(=O)N4)ccc21)C1CCCCC1. The standard InChI is InChI=1S/C27H36N6O4/c1-32(19-6-3-2-4-7-19)12-5-13-33-22-10-8-18(14-21(22)30-31-33)15-28-16-24(35)20-9-11-23(34)26-27(20)37-17-25(36)29-26/h8-11,14,19,24,28,34-35H,2-7,12-13,15-17H2,1H3,(H,29,36)/t24-/m1/s1. The Morgan fingerprint density at radius 1 is 1.24 bits per heavy atom. The largest absolute Gasteiger partial charge is 0.506 e. The quantitative estimate of drug-likeness (QED) is 0.308. The van der Waals surface area contributed by atoms with Crippen molar-refractivity contribution in [2.24, 2.45) is 0 Å². The third-order valence-corrected chi connectivity index (χ3v) is 7.46. The van der Waals surface area contributed by atoms with Gasteiger partial charge in [0, 0.05) is 31.2 Å². The summed E-state index contributed by atoms with van der Waals surface area (Å²) in [5, 5.41) is 35.3. The van der Waals surface area contributed by atoms with E-state index < -0.39 is 6.10 Å². The molecule has 0 spiro atoms. The smallest absolute Gasteiger partial charge is 0.262 e. The van der Waals surface area contributed by atoms with E-state index in [1.54, 1.807) is 6.07 Å². The number of aryl methyl sites for hydroxylation is 1. The molecule has 2 aliphatic rings. The maximum Gasteiger partial charge on any atom is 0.262 e. The van der Waals surface area contributed by atoms with Crippen molar-refractivity contribution in [2.45, 2.75) is 63.8 Å². The second-order valence-electron chi connectivity index (χ2n) is 10.1. The molecule has 2 heterocycles. The minimum absolute atomic E-state index is 0.0930. The highest BCUT2D eigenvalue weighted by Crippen LogP contribution is 2.41. The first-order valence-electron chi connectivity index (χ1n) is 13.2. The van der Waals surface area contributed by atoms with Crippen molar-refractivity contribution in [1.82, 2.24) is 25.2 Å². The highest BCUT2D eigenvalue weighted by molar-refractivity contribution is 5.97. The van der Waals surface area contributed by atoms with Crippen LogP contribution in [0.1, 0.15) is 55.8 Å². The second kappa shape index (κ2) is 11.5. The Kier molecular flexibility index (Phi) is 7.87. The molecule has 10 nitrogen and oxygen atoms in total. The number of aromatic hydroxyl groups is 1. The molecule has 1 aromatic heterocycles. The number of phenolic OH excluding ortho intramolecular Hbond substituents is 1. The van der Waals surface area contributed by atoms with E-state index in [-0.39, 0.29) is 30.5 Å². The van der Waals surface area contributed by atoms with Crippen LogP contribution >= 0.6 is 0 Å². The van der Waals surface area contributed by atoms with Crippen LogP contribution in [0, 0.1) is 0 Å². The average molecular weight is 509 g/mol. The lowest BCUT2D eigenvalue weighted by Crippen LogP contribution is -2.34. The molecule has 1 aliphatic heterocycles. The number of amides is 1. The number of hydrogen-bond acceptors (Lipinski definition) is 8. The van der Waals surface area contributed by atoms with Crippen LogP contribution in [0.4, 0.5) is 5.69 Å². The number of fused-ring (bicyclic) bond motifs is 2. The van der Waals surface area contributed by atoms with E-state index in [1.165, 1.54) is 38.2 Å². The molecular weight excluding hydrogens is 472 g/mol. The molecule has 1 aliphatic carbocycles. The van der Waals surface area contributed by atoms with Crippen molar-refractivity contribution in [3.8, 4) is 11.5 Å². The van der Waals surface area contributed by atoms with Gasteiger partial charge in [-0.05, 0) is 62.7 Å². The number of nitrogens with one attached hydrogen (secondary N) is 2. The van der Waals surface area contributed by atoms with Gasteiger partial charge in [0.2, 0.25) is 0 Å². The summed E-state index contributed by atoms with van der Waals surface area (Å²) in [6.45, 7) is 2.58. The number of aromatic nitrogens is 3. The Bertz CT molecular complexity index is 1240. The number of aliphatic hydroxyl groups is 1. The summed E-state index contributed by atoms with van der Waals surface area (Å²) in [4.78, 5) is 14.1. The van der Waals surface area contributed by atoms with Gasteiger partial charge in [-0.25, -0.2) is 4.68 Å². The van der Waals surface area contributed by atoms with Crippen molar-refractivity contribution in [1.29, 1.82) is 0 Å². The molecule has 1 atom stereocenters. The van der Waals surface area contributed by atoms with Crippen molar-refractivity contribution < 1.29 is 19.7 Å². The molecule has 1 saturated carbocycles. The number of phenols is 1. The Labute approximate surface area is 216 Å². The number of carbonyl (C=O) groups is 1. The lowest BCUT2D eigenvalue weighted by Gasteiger charge is -2.31. The molecular formula is C27H36N6O4. The molecule has 0 unspecified atom stereocenters. The molecule has 2 aromatic carbocycles. The van der Waals surface area contributed by atoms with Crippen LogP contribution in [-0.4, -0.2) is 68.8 Å². The molecule has 1 fully saturated rings. The van der Waals surface area contributed by atoms with Crippen molar-refractivity contribution >= 4 is 22.6 Å². The Morgan fingerprint density at radius 2 is 2.08 bits per heavy atom. The number of aliphatic hydroxyl groups excluding tert-OH is 1. The Balaban J connectivity index is 1.13.